The molecule has 2 aromatic rings. The molecule has 2 heterocycles. The number of benzene rings is 1. The van der Waals surface area contributed by atoms with Gasteiger partial charge < -0.3 is 5.32 Å². The second kappa shape index (κ2) is 8.06. The molecule has 1 amide bonds. The molecule has 0 spiro atoms. The molecule has 1 aromatic carbocycles. The van der Waals surface area contributed by atoms with Gasteiger partial charge in [-0.25, -0.2) is 0 Å². The fourth-order valence-corrected chi connectivity index (χ4v) is 3.31. The summed E-state index contributed by atoms with van der Waals surface area (Å²) < 4.78 is 0. The average Bonchev–Trinajstić information content (AvgIpc) is 3.09. The maximum absolute atomic E-state index is 12.5. The van der Waals surface area contributed by atoms with Crippen LogP contribution in [0.1, 0.15) is 30.0 Å². The number of carbonyl (C=O) groups excluding carboxylic acids is 1. The van der Waals surface area contributed by atoms with Crippen molar-refractivity contribution in [1.82, 2.24) is 15.2 Å². The Bertz CT molecular complexity index is 672. The summed E-state index contributed by atoms with van der Waals surface area (Å²) in [5, 5.41) is 3.11. The normalized spacial score (nSPS) is 17.8. The first-order valence-electron chi connectivity index (χ1n) is 8.72. The highest BCUT2D eigenvalue weighted by Gasteiger charge is 2.28. The van der Waals surface area contributed by atoms with E-state index in [0.717, 1.165) is 32.5 Å². The number of likely N-dealkylation sites (tertiary alicyclic amines) is 1. The molecule has 24 heavy (non-hydrogen) atoms. The lowest BCUT2D eigenvalue weighted by molar-refractivity contribution is -0.124. The molecule has 1 N–H and O–H groups in total. The summed E-state index contributed by atoms with van der Waals surface area (Å²) in [5.74, 6) is 0.269. The van der Waals surface area contributed by atoms with Gasteiger partial charge in [-0.2, -0.15) is 0 Å². The number of aryl methyl sites for hydroxylation is 1. The van der Waals surface area contributed by atoms with Gasteiger partial charge in [0.05, 0.1) is 5.92 Å². The Balaban J connectivity index is 1.49. The molecule has 1 aliphatic rings. The minimum absolute atomic E-state index is 0.0978. The van der Waals surface area contributed by atoms with Crippen LogP contribution in [-0.2, 0) is 24.3 Å². The number of aromatic nitrogens is 1. The Morgan fingerprint density at radius 3 is 2.88 bits per heavy atom. The highest BCUT2D eigenvalue weighted by molar-refractivity contribution is 5.79. The van der Waals surface area contributed by atoms with Gasteiger partial charge >= 0.3 is 0 Å². The molecule has 126 valence electrons. The second-order valence-corrected chi connectivity index (χ2v) is 6.42. The number of rotatable bonds is 6. The van der Waals surface area contributed by atoms with Crippen LogP contribution >= 0.6 is 0 Å². The summed E-state index contributed by atoms with van der Waals surface area (Å²) in [5.41, 5.74) is 3.68. The third-order valence-electron chi connectivity index (χ3n) is 4.73. The van der Waals surface area contributed by atoms with Crippen molar-refractivity contribution in [2.24, 2.45) is 5.92 Å². The van der Waals surface area contributed by atoms with Gasteiger partial charge in [0, 0.05) is 32.0 Å². The van der Waals surface area contributed by atoms with Gasteiger partial charge in [-0.1, -0.05) is 37.3 Å². The third-order valence-corrected chi connectivity index (χ3v) is 4.73. The molecule has 0 bridgehead atoms. The Morgan fingerprint density at radius 2 is 2.08 bits per heavy atom. The number of nitrogens with one attached hydrogen (secondary N) is 1. The highest BCUT2D eigenvalue weighted by atomic mass is 16.1. The van der Waals surface area contributed by atoms with Crippen molar-refractivity contribution in [2.45, 2.75) is 32.9 Å². The lowest BCUT2D eigenvalue weighted by Crippen LogP contribution is -2.32. The van der Waals surface area contributed by atoms with Gasteiger partial charge in [0.2, 0.25) is 5.91 Å². The van der Waals surface area contributed by atoms with Crippen LogP contribution in [0.2, 0.25) is 0 Å². The van der Waals surface area contributed by atoms with Crippen molar-refractivity contribution in [3.05, 3.63) is 65.5 Å². The summed E-state index contributed by atoms with van der Waals surface area (Å²) in [7, 11) is 0. The summed E-state index contributed by atoms with van der Waals surface area (Å²) >= 11 is 0. The molecule has 1 atom stereocenters. The Labute approximate surface area is 143 Å². The van der Waals surface area contributed by atoms with Crippen molar-refractivity contribution in [3.63, 3.8) is 0 Å². The molecule has 1 fully saturated rings. The molecule has 0 saturated carbocycles. The van der Waals surface area contributed by atoms with Crippen molar-refractivity contribution < 1.29 is 4.79 Å². The molecule has 1 saturated heterocycles. The zero-order chi connectivity index (χ0) is 16.8. The Morgan fingerprint density at radius 1 is 1.25 bits per heavy atom. The maximum atomic E-state index is 12.5. The van der Waals surface area contributed by atoms with E-state index in [1.165, 1.54) is 16.7 Å². The topological polar surface area (TPSA) is 45.2 Å². The van der Waals surface area contributed by atoms with E-state index >= 15 is 0 Å². The first-order chi connectivity index (χ1) is 11.8. The zero-order valence-corrected chi connectivity index (χ0v) is 14.2. The summed E-state index contributed by atoms with van der Waals surface area (Å²) in [6.07, 6.45) is 5.55. The van der Waals surface area contributed by atoms with Gasteiger partial charge in [-0.3, -0.25) is 14.7 Å². The monoisotopic (exact) mass is 323 g/mol. The van der Waals surface area contributed by atoms with E-state index in [2.05, 4.69) is 46.4 Å². The van der Waals surface area contributed by atoms with E-state index in [1.54, 1.807) is 6.20 Å². The standard InChI is InChI=1S/C20H25N3O/c1-2-17-12-21-10-8-18(17)13-22-20(24)19-9-11-23(15-19)14-16-6-4-3-5-7-16/h3-8,10,12,19H,2,9,11,13-15H2,1H3,(H,22,24). The van der Waals surface area contributed by atoms with Crippen molar-refractivity contribution in [2.75, 3.05) is 13.1 Å². The maximum Gasteiger partial charge on any atom is 0.224 e. The average molecular weight is 323 g/mol. The highest BCUT2D eigenvalue weighted by Crippen LogP contribution is 2.19. The van der Waals surface area contributed by atoms with Crippen LogP contribution in [0.4, 0.5) is 0 Å². The van der Waals surface area contributed by atoms with Gasteiger partial charge in [0.25, 0.3) is 0 Å². The second-order valence-electron chi connectivity index (χ2n) is 6.42. The van der Waals surface area contributed by atoms with E-state index in [0.29, 0.717) is 6.54 Å². The summed E-state index contributed by atoms with van der Waals surface area (Å²) in [6, 6.07) is 12.4. The minimum atomic E-state index is 0.0978. The van der Waals surface area contributed by atoms with Crippen LogP contribution in [0, 0.1) is 5.92 Å². The van der Waals surface area contributed by atoms with Crippen molar-refractivity contribution >= 4 is 5.91 Å². The number of nitrogens with zero attached hydrogens (tertiary/aromatic N) is 2. The molecule has 4 nitrogen and oxygen atoms in total. The quantitative estimate of drug-likeness (QED) is 0.889. The number of hydrogen-bond acceptors (Lipinski definition) is 3. The van der Waals surface area contributed by atoms with E-state index in [4.69, 9.17) is 0 Å². The van der Waals surface area contributed by atoms with Crippen molar-refractivity contribution in [3.8, 4) is 0 Å². The SMILES string of the molecule is CCc1cnccc1CNC(=O)C1CCN(Cc2ccccc2)C1. The largest absolute Gasteiger partial charge is 0.352 e. The molecule has 1 aromatic heterocycles. The lowest BCUT2D eigenvalue weighted by Gasteiger charge is -2.16. The van der Waals surface area contributed by atoms with Gasteiger partial charge in [-0.15, -0.1) is 0 Å². The van der Waals surface area contributed by atoms with Crippen LogP contribution < -0.4 is 5.32 Å². The molecule has 0 radical (unpaired) electrons. The van der Waals surface area contributed by atoms with Crippen molar-refractivity contribution in [1.29, 1.82) is 0 Å². The molecular weight excluding hydrogens is 298 g/mol. The van der Waals surface area contributed by atoms with E-state index in [-0.39, 0.29) is 11.8 Å². The molecule has 4 heteroatoms. The fraction of sp³-hybridized carbons (Fsp3) is 0.400. The molecule has 0 aliphatic carbocycles. The molecule has 1 aliphatic heterocycles. The van der Waals surface area contributed by atoms with Gasteiger partial charge in [-0.05, 0) is 42.1 Å². The van der Waals surface area contributed by atoms with Crippen LogP contribution in [0.15, 0.2) is 48.8 Å². The van der Waals surface area contributed by atoms with E-state index in [1.807, 2.05) is 18.3 Å². The van der Waals surface area contributed by atoms with Crippen LogP contribution in [-0.4, -0.2) is 28.9 Å². The predicted octanol–water partition coefficient (Wildman–Crippen LogP) is 2.78. The van der Waals surface area contributed by atoms with E-state index in [9.17, 15) is 4.79 Å². The van der Waals surface area contributed by atoms with Crippen LogP contribution in [0.3, 0.4) is 0 Å². The molecular formula is C20H25N3O. The smallest absolute Gasteiger partial charge is 0.224 e. The van der Waals surface area contributed by atoms with Gasteiger partial charge in [0.15, 0.2) is 0 Å². The Hall–Kier alpha value is -2.20. The number of amides is 1. The van der Waals surface area contributed by atoms with Crippen LogP contribution in [0.5, 0.6) is 0 Å². The minimum Gasteiger partial charge on any atom is -0.352 e. The zero-order valence-electron chi connectivity index (χ0n) is 14.2. The number of carbonyl (C=O) groups is 1. The number of hydrogen-bond donors (Lipinski definition) is 1. The number of pyridine rings is 1. The first-order valence-corrected chi connectivity index (χ1v) is 8.72. The fourth-order valence-electron chi connectivity index (χ4n) is 3.31. The van der Waals surface area contributed by atoms with Gasteiger partial charge in [0.1, 0.15) is 0 Å². The first kappa shape index (κ1) is 16.7. The Kier molecular flexibility index (Phi) is 5.59. The summed E-state index contributed by atoms with van der Waals surface area (Å²) in [6.45, 7) is 5.47. The lowest BCUT2D eigenvalue weighted by atomic mass is 10.1. The van der Waals surface area contributed by atoms with Crippen LogP contribution in [0.25, 0.3) is 0 Å². The van der Waals surface area contributed by atoms with E-state index < -0.39 is 0 Å². The molecule has 3 rings (SSSR count). The molecule has 1 unspecified atom stereocenters. The third kappa shape index (κ3) is 4.20. The summed E-state index contributed by atoms with van der Waals surface area (Å²) in [4.78, 5) is 19.0. The predicted molar refractivity (Wildman–Crippen MR) is 95.3 cm³/mol.